The molecule has 106 valence electrons. The maximum atomic E-state index is 13.8. The predicted octanol–water partition coefficient (Wildman–Crippen LogP) is 4.86. The highest BCUT2D eigenvalue weighted by Gasteiger charge is 2.20. The molecule has 1 aromatic heterocycles. The maximum Gasteiger partial charge on any atom is 0.250 e. The van der Waals surface area contributed by atoms with Gasteiger partial charge >= 0.3 is 0 Å². The molecule has 1 atom stereocenters. The minimum absolute atomic E-state index is 0.0478. The molecule has 1 unspecified atom stereocenters. The average Bonchev–Trinajstić information content (AvgIpc) is 2.99. The van der Waals surface area contributed by atoms with Crippen LogP contribution in [0.1, 0.15) is 16.8 Å². The lowest BCUT2D eigenvalue weighted by molar-refractivity contribution is 0.508. The summed E-state index contributed by atoms with van der Waals surface area (Å²) in [5, 5.41) is 7.51. The van der Waals surface area contributed by atoms with E-state index in [4.69, 9.17) is 27.6 Å². The van der Waals surface area contributed by atoms with Gasteiger partial charge in [-0.05, 0) is 23.8 Å². The number of rotatable bonds is 3. The van der Waals surface area contributed by atoms with Crippen LogP contribution in [0.2, 0.25) is 5.02 Å². The van der Waals surface area contributed by atoms with Crippen molar-refractivity contribution in [2.75, 3.05) is 0 Å². The van der Waals surface area contributed by atoms with E-state index in [-0.39, 0.29) is 17.3 Å². The van der Waals surface area contributed by atoms with Gasteiger partial charge in [-0.2, -0.15) is 0 Å². The van der Waals surface area contributed by atoms with Crippen LogP contribution in [0.15, 0.2) is 52.9 Å². The van der Waals surface area contributed by atoms with Crippen LogP contribution in [0.25, 0.3) is 11.5 Å². The number of nitrogens with zero attached hydrogens (tertiary/aromatic N) is 2. The lowest BCUT2D eigenvalue weighted by Gasteiger charge is -2.04. The first kappa shape index (κ1) is 14.0. The number of halogens is 3. The number of hydrogen-bond donors (Lipinski definition) is 0. The standard InChI is InChI=1S/C15H9Cl2FN2O/c16-10-6-7-12(18)11(8-10)14-19-20-15(21-14)13(17)9-4-2-1-3-5-9/h1-8,13H. The van der Waals surface area contributed by atoms with E-state index in [1.54, 1.807) is 0 Å². The molecule has 0 saturated carbocycles. The summed E-state index contributed by atoms with van der Waals surface area (Å²) < 4.78 is 19.2. The molecule has 0 N–H and O–H groups in total. The van der Waals surface area contributed by atoms with Crippen molar-refractivity contribution < 1.29 is 8.81 Å². The third-order valence-electron chi connectivity index (χ3n) is 2.91. The third kappa shape index (κ3) is 2.91. The molecule has 0 aliphatic rings. The Morgan fingerprint density at radius 2 is 1.81 bits per heavy atom. The summed E-state index contributed by atoms with van der Waals surface area (Å²) in [6, 6.07) is 13.4. The van der Waals surface area contributed by atoms with E-state index < -0.39 is 11.2 Å². The molecule has 21 heavy (non-hydrogen) atoms. The maximum absolute atomic E-state index is 13.8. The summed E-state index contributed by atoms with van der Waals surface area (Å²) in [6.07, 6.45) is 0. The van der Waals surface area contributed by atoms with E-state index in [2.05, 4.69) is 10.2 Å². The molecule has 0 aliphatic carbocycles. The van der Waals surface area contributed by atoms with E-state index in [0.29, 0.717) is 5.02 Å². The lowest BCUT2D eigenvalue weighted by Crippen LogP contribution is -1.92. The van der Waals surface area contributed by atoms with Gasteiger partial charge in [0.15, 0.2) is 0 Å². The molecule has 0 spiro atoms. The average molecular weight is 323 g/mol. The fraction of sp³-hybridized carbons (Fsp3) is 0.0667. The molecule has 0 radical (unpaired) electrons. The van der Waals surface area contributed by atoms with Crippen molar-refractivity contribution in [3.05, 3.63) is 70.8 Å². The van der Waals surface area contributed by atoms with Crippen LogP contribution in [0.5, 0.6) is 0 Å². The summed E-state index contributed by atoms with van der Waals surface area (Å²) in [7, 11) is 0. The number of benzene rings is 2. The normalized spacial score (nSPS) is 12.3. The van der Waals surface area contributed by atoms with E-state index in [1.807, 2.05) is 30.3 Å². The van der Waals surface area contributed by atoms with Gasteiger partial charge in [0.2, 0.25) is 5.89 Å². The molecule has 0 bridgehead atoms. The first-order valence-electron chi connectivity index (χ1n) is 6.13. The molecular weight excluding hydrogens is 314 g/mol. The highest BCUT2D eigenvalue weighted by atomic mass is 35.5. The first-order chi connectivity index (χ1) is 10.1. The Bertz CT molecular complexity index is 761. The van der Waals surface area contributed by atoms with E-state index in [1.165, 1.54) is 18.2 Å². The Balaban J connectivity index is 1.95. The summed E-state index contributed by atoms with van der Waals surface area (Å²) in [4.78, 5) is 0. The van der Waals surface area contributed by atoms with Gasteiger partial charge in [0.25, 0.3) is 5.89 Å². The zero-order valence-corrected chi connectivity index (χ0v) is 12.1. The van der Waals surface area contributed by atoms with Gasteiger partial charge in [-0.1, -0.05) is 41.9 Å². The number of aromatic nitrogens is 2. The van der Waals surface area contributed by atoms with Crippen molar-refractivity contribution in [2.45, 2.75) is 5.38 Å². The molecule has 0 amide bonds. The van der Waals surface area contributed by atoms with Crippen LogP contribution in [-0.4, -0.2) is 10.2 Å². The second kappa shape index (κ2) is 5.84. The minimum atomic E-state index is -0.588. The van der Waals surface area contributed by atoms with Gasteiger partial charge in [0, 0.05) is 5.02 Å². The summed E-state index contributed by atoms with van der Waals surface area (Å²) >= 11 is 12.1. The van der Waals surface area contributed by atoms with Crippen LogP contribution < -0.4 is 0 Å². The van der Waals surface area contributed by atoms with Crippen LogP contribution in [0.3, 0.4) is 0 Å². The minimum Gasteiger partial charge on any atom is -0.419 e. The molecule has 3 rings (SSSR count). The van der Waals surface area contributed by atoms with Gasteiger partial charge in [-0.25, -0.2) is 4.39 Å². The second-order valence-electron chi connectivity index (χ2n) is 4.34. The fourth-order valence-electron chi connectivity index (χ4n) is 1.87. The summed E-state index contributed by atoms with van der Waals surface area (Å²) in [6.45, 7) is 0. The zero-order valence-electron chi connectivity index (χ0n) is 10.6. The molecule has 3 nitrogen and oxygen atoms in total. The van der Waals surface area contributed by atoms with Crippen molar-refractivity contribution >= 4 is 23.2 Å². The van der Waals surface area contributed by atoms with Gasteiger partial charge in [-0.3, -0.25) is 0 Å². The zero-order chi connectivity index (χ0) is 14.8. The van der Waals surface area contributed by atoms with Gasteiger partial charge < -0.3 is 4.42 Å². The van der Waals surface area contributed by atoms with Crippen LogP contribution in [0.4, 0.5) is 4.39 Å². The molecule has 0 fully saturated rings. The molecular formula is C15H9Cl2FN2O. The van der Waals surface area contributed by atoms with Crippen molar-refractivity contribution in [3.63, 3.8) is 0 Å². The lowest BCUT2D eigenvalue weighted by atomic mass is 10.1. The van der Waals surface area contributed by atoms with Gasteiger partial charge in [0.05, 0.1) is 5.56 Å². The van der Waals surface area contributed by atoms with Gasteiger partial charge in [-0.15, -0.1) is 21.8 Å². The highest BCUT2D eigenvalue weighted by Crippen LogP contribution is 2.31. The van der Waals surface area contributed by atoms with Crippen LogP contribution in [-0.2, 0) is 0 Å². The molecule has 3 aromatic rings. The van der Waals surface area contributed by atoms with Crippen LogP contribution >= 0.6 is 23.2 Å². The summed E-state index contributed by atoms with van der Waals surface area (Å²) in [5.41, 5.74) is 0.971. The third-order valence-corrected chi connectivity index (χ3v) is 3.58. The predicted molar refractivity (Wildman–Crippen MR) is 78.8 cm³/mol. The van der Waals surface area contributed by atoms with Crippen molar-refractivity contribution in [1.82, 2.24) is 10.2 Å². The molecule has 6 heteroatoms. The Morgan fingerprint density at radius 1 is 1.05 bits per heavy atom. The van der Waals surface area contributed by atoms with Crippen molar-refractivity contribution in [2.24, 2.45) is 0 Å². The topological polar surface area (TPSA) is 38.9 Å². The quantitative estimate of drug-likeness (QED) is 0.646. The van der Waals surface area contributed by atoms with Gasteiger partial charge in [0.1, 0.15) is 11.2 Å². The molecule has 1 heterocycles. The van der Waals surface area contributed by atoms with E-state index in [9.17, 15) is 4.39 Å². The second-order valence-corrected chi connectivity index (χ2v) is 5.22. The van der Waals surface area contributed by atoms with E-state index >= 15 is 0 Å². The molecule has 2 aromatic carbocycles. The molecule has 0 aliphatic heterocycles. The fourth-order valence-corrected chi connectivity index (χ4v) is 2.28. The first-order valence-corrected chi connectivity index (χ1v) is 6.94. The Kier molecular flexibility index (Phi) is 3.90. The highest BCUT2D eigenvalue weighted by molar-refractivity contribution is 6.30. The van der Waals surface area contributed by atoms with E-state index in [0.717, 1.165) is 5.56 Å². The summed E-state index contributed by atoms with van der Waals surface area (Å²) in [5.74, 6) is -0.232. The SMILES string of the molecule is Fc1ccc(Cl)cc1-c1nnc(C(Cl)c2ccccc2)o1. The monoisotopic (exact) mass is 322 g/mol. The number of alkyl halides is 1. The number of hydrogen-bond acceptors (Lipinski definition) is 3. The Hall–Kier alpha value is -1.91. The smallest absolute Gasteiger partial charge is 0.250 e. The molecule has 0 saturated heterocycles. The van der Waals surface area contributed by atoms with Crippen molar-refractivity contribution in [3.8, 4) is 11.5 Å². The van der Waals surface area contributed by atoms with Crippen molar-refractivity contribution in [1.29, 1.82) is 0 Å². The Morgan fingerprint density at radius 3 is 2.57 bits per heavy atom. The van der Waals surface area contributed by atoms with Crippen LogP contribution in [0, 0.1) is 5.82 Å². The largest absolute Gasteiger partial charge is 0.419 e. The Labute approximate surface area is 130 Å².